The molecule has 114 valence electrons. The molecule has 0 fully saturated rings. The highest BCUT2D eigenvalue weighted by molar-refractivity contribution is 5.84. The summed E-state index contributed by atoms with van der Waals surface area (Å²) in [5.74, 6) is -1.99. The molecule has 0 unspecified atom stereocenters. The number of alkyl halides is 3. The Hall–Kier alpha value is -2.71. The van der Waals surface area contributed by atoms with Gasteiger partial charge in [0, 0.05) is 7.05 Å². The predicted molar refractivity (Wildman–Crippen MR) is 71.2 cm³/mol. The first-order valence-electron chi connectivity index (χ1n) is 6.16. The van der Waals surface area contributed by atoms with E-state index in [1.54, 1.807) is 6.07 Å². The number of fused-ring (bicyclic) bond motifs is 1. The SMILES string of the molecule is CNc1nc(C(F)(F)F)nc2c1ncn2-c1ccccc1F. The van der Waals surface area contributed by atoms with Crippen LogP contribution in [0.4, 0.5) is 23.4 Å². The quantitative estimate of drug-likeness (QED) is 0.739. The molecule has 0 saturated carbocycles. The van der Waals surface area contributed by atoms with Crippen molar-refractivity contribution in [2.24, 2.45) is 0 Å². The Bertz CT molecular complexity index is 840. The highest BCUT2D eigenvalue weighted by Gasteiger charge is 2.36. The summed E-state index contributed by atoms with van der Waals surface area (Å²) in [5, 5.41) is 2.54. The van der Waals surface area contributed by atoms with E-state index in [4.69, 9.17) is 0 Å². The Morgan fingerprint density at radius 2 is 1.86 bits per heavy atom. The molecular formula is C13H9F4N5. The molecule has 2 heterocycles. The van der Waals surface area contributed by atoms with Crippen molar-refractivity contribution in [1.82, 2.24) is 19.5 Å². The van der Waals surface area contributed by atoms with Gasteiger partial charge in [-0.1, -0.05) is 12.1 Å². The van der Waals surface area contributed by atoms with Gasteiger partial charge in [0.05, 0.1) is 5.69 Å². The van der Waals surface area contributed by atoms with E-state index in [0.717, 1.165) is 4.57 Å². The molecule has 3 aromatic rings. The van der Waals surface area contributed by atoms with Crippen LogP contribution in [0.2, 0.25) is 0 Å². The van der Waals surface area contributed by atoms with Gasteiger partial charge in [0.2, 0.25) is 5.82 Å². The lowest BCUT2D eigenvalue weighted by atomic mass is 10.3. The summed E-state index contributed by atoms with van der Waals surface area (Å²) in [5.41, 5.74) is 0.0504. The summed E-state index contributed by atoms with van der Waals surface area (Å²) in [6.07, 6.45) is -3.51. The van der Waals surface area contributed by atoms with Gasteiger partial charge in [-0.05, 0) is 12.1 Å². The van der Waals surface area contributed by atoms with E-state index in [9.17, 15) is 17.6 Å². The van der Waals surface area contributed by atoms with Crippen LogP contribution < -0.4 is 5.32 Å². The number of aromatic nitrogens is 4. The molecule has 0 saturated heterocycles. The van der Waals surface area contributed by atoms with Crippen LogP contribution in [0, 0.1) is 5.82 Å². The molecule has 0 spiro atoms. The second-order valence-corrected chi connectivity index (χ2v) is 4.38. The first kappa shape index (κ1) is 14.2. The largest absolute Gasteiger partial charge is 0.451 e. The monoisotopic (exact) mass is 311 g/mol. The summed E-state index contributed by atoms with van der Waals surface area (Å²) in [6, 6.07) is 5.67. The third-order valence-electron chi connectivity index (χ3n) is 3.00. The van der Waals surface area contributed by atoms with E-state index in [2.05, 4.69) is 20.3 Å². The molecule has 0 bridgehead atoms. The number of nitrogens with one attached hydrogen (secondary N) is 1. The highest BCUT2D eigenvalue weighted by atomic mass is 19.4. The lowest BCUT2D eigenvalue weighted by molar-refractivity contribution is -0.144. The molecule has 0 aliphatic rings. The molecule has 9 heteroatoms. The third kappa shape index (κ3) is 2.24. The van der Waals surface area contributed by atoms with Crippen LogP contribution in [0.3, 0.4) is 0 Å². The molecule has 22 heavy (non-hydrogen) atoms. The molecular weight excluding hydrogens is 302 g/mol. The lowest BCUT2D eigenvalue weighted by Gasteiger charge is -2.09. The van der Waals surface area contributed by atoms with Crippen molar-refractivity contribution >= 4 is 17.0 Å². The summed E-state index contributed by atoms with van der Waals surface area (Å²) in [6.45, 7) is 0. The molecule has 1 N–H and O–H groups in total. The molecule has 0 aliphatic carbocycles. The van der Waals surface area contributed by atoms with Crippen molar-refractivity contribution in [3.05, 3.63) is 42.2 Å². The average Bonchev–Trinajstić information content (AvgIpc) is 2.89. The number of imidazole rings is 1. The fourth-order valence-electron chi connectivity index (χ4n) is 2.02. The van der Waals surface area contributed by atoms with Gasteiger partial charge in [-0.25, -0.2) is 19.3 Å². The first-order chi connectivity index (χ1) is 10.4. The Morgan fingerprint density at radius 1 is 1.14 bits per heavy atom. The molecule has 5 nitrogen and oxygen atoms in total. The van der Waals surface area contributed by atoms with Gasteiger partial charge in [-0.2, -0.15) is 13.2 Å². The van der Waals surface area contributed by atoms with Crippen molar-refractivity contribution < 1.29 is 17.6 Å². The fraction of sp³-hybridized carbons (Fsp3) is 0.154. The zero-order chi connectivity index (χ0) is 15.9. The topological polar surface area (TPSA) is 55.6 Å². The zero-order valence-electron chi connectivity index (χ0n) is 11.2. The maximum atomic E-state index is 13.9. The Kier molecular flexibility index (Phi) is 3.19. The minimum Gasteiger partial charge on any atom is -0.371 e. The summed E-state index contributed by atoms with van der Waals surface area (Å²) in [7, 11) is 1.42. The number of halogens is 4. The van der Waals surface area contributed by atoms with Gasteiger partial charge in [0.25, 0.3) is 0 Å². The van der Waals surface area contributed by atoms with Crippen LogP contribution in [-0.2, 0) is 6.18 Å². The van der Waals surface area contributed by atoms with Crippen molar-refractivity contribution in [2.45, 2.75) is 6.18 Å². The van der Waals surface area contributed by atoms with Crippen molar-refractivity contribution in [3.63, 3.8) is 0 Å². The summed E-state index contributed by atoms with van der Waals surface area (Å²) < 4.78 is 53.7. The van der Waals surface area contributed by atoms with Crippen LogP contribution in [0.25, 0.3) is 16.9 Å². The number of anilines is 1. The predicted octanol–water partition coefficient (Wildman–Crippen LogP) is 3.02. The fourth-order valence-corrected chi connectivity index (χ4v) is 2.02. The van der Waals surface area contributed by atoms with Crippen LogP contribution in [-0.4, -0.2) is 26.6 Å². The van der Waals surface area contributed by atoms with E-state index < -0.39 is 17.8 Å². The van der Waals surface area contributed by atoms with Crippen LogP contribution in [0.1, 0.15) is 5.82 Å². The van der Waals surface area contributed by atoms with E-state index in [1.807, 2.05) is 0 Å². The average molecular weight is 311 g/mol. The van der Waals surface area contributed by atoms with Gasteiger partial charge in [0.15, 0.2) is 17.0 Å². The minimum absolute atomic E-state index is 0.0545. The van der Waals surface area contributed by atoms with Crippen LogP contribution in [0.15, 0.2) is 30.6 Å². The Morgan fingerprint density at radius 3 is 2.50 bits per heavy atom. The van der Waals surface area contributed by atoms with Crippen molar-refractivity contribution in [1.29, 1.82) is 0 Å². The van der Waals surface area contributed by atoms with Gasteiger partial charge < -0.3 is 5.32 Å². The summed E-state index contributed by atoms with van der Waals surface area (Å²) >= 11 is 0. The van der Waals surface area contributed by atoms with E-state index in [0.29, 0.717) is 0 Å². The number of hydrogen-bond acceptors (Lipinski definition) is 4. The smallest absolute Gasteiger partial charge is 0.371 e. The van der Waals surface area contributed by atoms with E-state index in [1.165, 1.54) is 31.6 Å². The van der Waals surface area contributed by atoms with Gasteiger partial charge in [-0.15, -0.1) is 0 Å². The maximum Gasteiger partial charge on any atom is 0.451 e. The normalized spacial score (nSPS) is 11.9. The Labute approximate surface area is 121 Å². The van der Waals surface area contributed by atoms with Crippen LogP contribution in [0.5, 0.6) is 0 Å². The zero-order valence-corrected chi connectivity index (χ0v) is 11.2. The van der Waals surface area contributed by atoms with Gasteiger partial charge in [0.1, 0.15) is 12.1 Å². The Balaban J connectivity index is 2.32. The number of rotatable bonds is 2. The number of hydrogen-bond donors (Lipinski definition) is 1. The molecule has 3 rings (SSSR count). The van der Waals surface area contributed by atoms with Gasteiger partial charge in [-0.3, -0.25) is 4.57 Å². The molecule has 2 aromatic heterocycles. The first-order valence-corrected chi connectivity index (χ1v) is 6.16. The highest BCUT2D eigenvalue weighted by Crippen LogP contribution is 2.30. The third-order valence-corrected chi connectivity index (χ3v) is 3.00. The molecule has 0 amide bonds. The number of nitrogens with zero attached hydrogens (tertiary/aromatic N) is 4. The van der Waals surface area contributed by atoms with Crippen LogP contribution >= 0.6 is 0 Å². The summed E-state index contributed by atoms with van der Waals surface area (Å²) in [4.78, 5) is 10.9. The second-order valence-electron chi connectivity index (χ2n) is 4.38. The molecule has 0 radical (unpaired) electrons. The molecule has 0 aliphatic heterocycles. The number of benzene rings is 1. The second kappa shape index (κ2) is 4.93. The van der Waals surface area contributed by atoms with E-state index >= 15 is 0 Å². The van der Waals surface area contributed by atoms with Crippen molar-refractivity contribution in [3.8, 4) is 5.69 Å². The number of para-hydroxylation sites is 1. The van der Waals surface area contributed by atoms with Crippen molar-refractivity contribution in [2.75, 3.05) is 12.4 Å². The van der Waals surface area contributed by atoms with E-state index in [-0.39, 0.29) is 22.7 Å². The maximum absolute atomic E-state index is 13.9. The molecule has 1 aromatic carbocycles. The van der Waals surface area contributed by atoms with Gasteiger partial charge >= 0.3 is 6.18 Å². The standard InChI is InChI=1S/C13H9F4N5/c1-18-10-9-11(21-12(20-10)13(15,16)17)22(6-19-9)8-5-3-2-4-7(8)14/h2-6H,1H3,(H,18,20,21). The minimum atomic E-state index is -4.72. The lowest BCUT2D eigenvalue weighted by Crippen LogP contribution is -2.13. The molecule has 0 atom stereocenters.